The lowest BCUT2D eigenvalue weighted by atomic mass is 9.77. The number of likely N-dealkylation sites (N-methyl/N-ethyl adjacent to an activating group) is 1. The summed E-state index contributed by atoms with van der Waals surface area (Å²) in [6.45, 7) is 5.45. The van der Waals surface area contributed by atoms with E-state index >= 15 is 0 Å². The Bertz CT molecular complexity index is 391. The van der Waals surface area contributed by atoms with Gasteiger partial charge in [0.25, 0.3) is 0 Å². The van der Waals surface area contributed by atoms with Crippen molar-refractivity contribution in [1.82, 2.24) is 5.32 Å². The lowest BCUT2D eigenvalue weighted by Gasteiger charge is -2.34. The molecule has 0 radical (unpaired) electrons. The zero-order valence-corrected chi connectivity index (χ0v) is 12.2. The highest BCUT2D eigenvalue weighted by atomic mass is 19.1. The summed E-state index contributed by atoms with van der Waals surface area (Å²) >= 11 is 0. The summed E-state index contributed by atoms with van der Waals surface area (Å²) in [7, 11) is 0. The van der Waals surface area contributed by atoms with Crippen LogP contribution < -0.4 is 5.32 Å². The Hall–Kier alpha value is -0.890. The first-order valence-electron chi connectivity index (χ1n) is 7.67. The maximum Gasteiger partial charge on any atom is 0.126 e. The molecule has 1 fully saturated rings. The quantitative estimate of drug-likeness (QED) is 0.840. The standard InChI is InChI=1S/C17H26FN/c1-3-19-17(15-9-6-7-13(2)11-15)12-14-8-4-5-10-16(14)18/h4-5,8,10,13,15,17,19H,3,6-7,9,11-12H2,1-2H3. The topological polar surface area (TPSA) is 12.0 Å². The van der Waals surface area contributed by atoms with E-state index in [2.05, 4.69) is 19.2 Å². The molecule has 0 aliphatic heterocycles. The molecule has 0 saturated heterocycles. The van der Waals surface area contributed by atoms with E-state index in [1.54, 1.807) is 12.1 Å². The van der Waals surface area contributed by atoms with Crippen LogP contribution in [0.3, 0.4) is 0 Å². The van der Waals surface area contributed by atoms with Gasteiger partial charge in [-0.25, -0.2) is 4.39 Å². The Morgan fingerprint density at radius 2 is 2.11 bits per heavy atom. The summed E-state index contributed by atoms with van der Waals surface area (Å²) in [5.41, 5.74) is 0.853. The van der Waals surface area contributed by atoms with E-state index in [9.17, 15) is 4.39 Å². The molecule has 3 atom stereocenters. The molecule has 106 valence electrons. The van der Waals surface area contributed by atoms with E-state index in [0.717, 1.165) is 24.4 Å². The van der Waals surface area contributed by atoms with Crippen molar-refractivity contribution in [3.8, 4) is 0 Å². The molecule has 0 amide bonds. The Kier molecular flexibility index (Phi) is 5.38. The molecule has 0 spiro atoms. The molecule has 1 aromatic rings. The fourth-order valence-electron chi connectivity index (χ4n) is 3.42. The second-order valence-electron chi connectivity index (χ2n) is 5.99. The van der Waals surface area contributed by atoms with Gasteiger partial charge in [0.05, 0.1) is 0 Å². The van der Waals surface area contributed by atoms with Crippen molar-refractivity contribution in [2.24, 2.45) is 11.8 Å². The average Bonchev–Trinajstić information content (AvgIpc) is 2.40. The molecule has 1 aliphatic carbocycles. The third-order valence-corrected chi connectivity index (χ3v) is 4.41. The summed E-state index contributed by atoms with van der Waals surface area (Å²) in [4.78, 5) is 0. The predicted molar refractivity (Wildman–Crippen MR) is 78.7 cm³/mol. The monoisotopic (exact) mass is 263 g/mol. The van der Waals surface area contributed by atoms with E-state index in [-0.39, 0.29) is 5.82 Å². The minimum absolute atomic E-state index is 0.0609. The fourth-order valence-corrected chi connectivity index (χ4v) is 3.42. The van der Waals surface area contributed by atoms with Gasteiger partial charge in [0, 0.05) is 6.04 Å². The summed E-state index contributed by atoms with van der Waals surface area (Å²) in [6.07, 6.45) is 6.07. The molecule has 0 heterocycles. The number of rotatable bonds is 5. The molecule has 2 rings (SSSR count). The largest absolute Gasteiger partial charge is 0.314 e. The molecule has 3 unspecified atom stereocenters. The van der Waals surface area contributed by atoms with Crippen molar-refractivity contribution in [3.05, 3.63) is 35.6 Å². The Morgan fingerprint density at radius 1 is 1.32 bits per heavy atom. The highest BCUT2D eigenvalue weighted by Gasteiger charge is 2.26. The SMILES string of the molecule is CCNC(Cc1ccccc1F)C1CCCC(C)C1. The van der Waals surface area contributed by atoms with Crippen LogP contribution in [0.5, 0.6) is 0 Å². The second-order valence-corrected chi connectivity index (χ2v) is 5.99. The molecule has 0 aromatic heterocycles. The minimum Gasteiger partial charge on any atom is -0.314 e. The van der Waals surface area contributed by atoms with Crippen LogP contribution in [0.2, 0.25) is 0 Å². The van der Waals surface area contributed by atoms with Crippen LogP contribution in [0.15, 0.2) is 24.3 Å². The lowest BCUT2D eigenvalue weighted by Crippen LogP contribution is -2.40. The van der Waals surface area contributed by atoms with Crippen molar-refractivity contribution in [2.75, 3.05) is 6.54 Å². The number of hydrogen-bond acceptors (Lipinski definition) is 1. The average molecular weight is 263 g/mol. The predicted octanol–water partition coefficient (Wildman–Crippen LogP) is 4.17. The van der Waals surface area contributed by atoms with Crippen LogP contribution in [-0.4, -0.2) is 12.6 Å². The molecule has 2 heteroatoms. The highest BCUT2D eigenvalue weighted by molar-refractivity contribution is 5.18. The van der Waals surface area contributed by atoms with Gasteiger partial charge in [-0.05, 0) is 49.3 Å². The number of halogens is 1. The van der Waals surface area contributed by atoms with E-state index < -0.39 is 0 Å². The smallest absolute Gasteiger partial charge is 0.126 e. The van der Waals surface area contributed by atoms with Gasteiger partial charge in [-0.3, -0.25) is 0 Å². The number of hydrogen-bond donors (Lipinski definition) is 1. The van der Waals surface area contributed by atoms with Crippen molar-refractivity contribution in [3.63, 3.8) is 0 Å². The second kappa shape index (κ2) is 7.04. The Balaban J connectivity index is 2.05. The summed E-state index contributed by atoms with van der Waals surface area (Å²) in [5, 5.41) is 3.58. The fraction of sp³-hybridized carbons (Fsp3) is 0.647. The first-order valence-corrected chi connectivity index (χ1v) is 7.67. The van der Waals surface area contributed by atoms with Crippen molar-refractivity contribution < 1.29 is 4.39 Å². The maximum atomic E-state index is 13.8. The van der Waals surface area contributed by atoms with Crippen LogP contribution in [0.25, 0.3) is 0 Å². The first-order chi connectivity index (χ1) is 9.20. The van der Waals surface area contributed by atoms with Gasteiger partial charge in [0.15, 0.2) is 0 Å². The molecule has 1 aromatic carbocycles. The first kappa shape index (κ1) is 14.5. The molecular weight excluding hydrogens is 237 g/mol. The van der Waals surface area contributed by atoms with Gasteiger partial charge in [0.2, 0.25) is 0 Å². The lowest BCUT2D eigenvalue weighted by molar-refractivity contribution is 0.222. The molecule has 0 bridgehead atoms. The van der Waals surface area contributed by atoms with Gasteiger partial charge in [0.1, 0.15) is 5.82 Å². The zero-order chi connectivity index (χ0) is 13.7. The normalized spacial score (nSPS) is 25.2. The molecule has 19 heavy (non-hydrogen) atoms. The number of benzene rings is 1. The summed E-state index contributed by atoms with van der Waals surface area (Å²) in [6, 6.07) is 7.62. The molecule has 1 aliphatic rings. The molecule has 1 nitrogen and oxygen atoms in total. The molecule has 1 saturated carbocycles. The van der Waals surface area contributed by atoms with Crippen LogP contribution in [0.4, 0.5) is 4.39 Å². The van der Waals surface area contributed by atoms with Crippen LogP contribution in [0.1, 0.15) is 45.1 Å². The summed E-state index contributed by atoms with van der Waals surface area (Å²) in [5.74, 6) is 1.46. The van der Waals surface area contributed by atoms with Gasteiger partial charge in [-0.2, -0.15) is 0 Å². The maximum absolute atomic E-state index is 13.8. The summed E-state index contributed by atoms with van der Waals surface area (Å²) < 4.78 is 13.8. The van der Waals surface area contributed by atoms with Gasteiger partial charge >= 0.3 is 0 Å². The Morgan fingerprint density at radius 3 is 2.79 bits per heavy atom. The van der Waals surface area contributed by atoms with Gasteiger partial charge in [-0.15, -0.1) is 0 Å². The van der Waals surface area contributed by atoms with E-state index in [0.29, 0.717) is 12.0 Å². The molecule has 1 N–H and O–H groups in total. The third-order valence-electron chi connectivity index (χ3n) is 4.41. The van der Waals surface area contributed by atoms with Crippen LogP contribution >= 0.6 is 0 Å². The Labute approximate surface area is 116 Å². The number of nitrogens with one attached hydrogen (secondary N) is 1. The molecular formula is C17H26FN. The highest BCUT2D eigenvalue weighted by Crippen LogP contribution is 2.32. The van der Waals surface area contributed by atoms with E-state index in [1.165, 1.54) is 25.7 Å². The van der Waals surface area contributed by atoms with Gasteiger partial charge in [-0.1, -0.05) is 44.9 Å². The zero-order valence-electron chi connectivity index (χ0n) is 12.2. The van der Waals surface area contributed by atoms with E-state index in [1.807, 2.05) is 12.1 Å². The van der Waals surface area contributed by atoms with Gasteiger partial charge < -0.3 is 5.32 Å². The van der Waals surface area contributed by atoms with Crippen molar-refractivity contribution >= 4 is 0 Å². The van der Waals surface area contributed by atoms with Crippen LogP contribution in [0, 0.1) is 17.7 Å². The van der Waals surface area contributed by atoms with Crippen LogP contribution in [-0.2, 0) is 6.42 Å². The van der Waals surface area contributed by atoms with Crippen molar-refractivity contribution in [1.29, 1.82) is 0 Å². The van der Waals surface area contributed by atoms with Crippen molar-refractivity contribution in [2.45, 2.75) is 52.0 Å². The third kappa shape index (κ3) is 4.04. The minimum atomic E-state index is -0.0609. The van der Waals surface area contributed by atoms with E-state index in [4.69, 9.17) is 0 Å².